The van der Waals surface area contributed by atoms with E-state index in [0.29, 0.717) is 44.0 Å². The molecule has 2 saturated heterocycles. The molecule has 0 radical (unpaired) electrons. The lowest BCUT2D eigenvalue weighted by atomic mass is 9.89. The summed E-state index contributed by atoms with van der Waals surface area (Å²) in [5, 5.41) is 29.1. The van der Waals surface area contributed by atoms with Crippen molar-refractivity contribution in [1.82, 2.24) is 20.9 Å². The molecule has 242 valence electrons. The zero-order valence-electron chi connectivity index (χ0n) is 25.4. The molecule has 1 aliphatic carbocycles. The predicted molar refractivity (Wildman–Crippen MR) is 159 cm³/mol. The second-order valence-electron chi connectivity index (χ2n) is 11.7. The summed E-state index contributed by atoms with van der Waals surface area (Å²) >= 11 is 0. The Kier molecular flexibility index (Phi) is 11.9. The highest BCUT2D eigenvalue weighted by Gasteiger charge is 2.50. The van der Waals surface area contributed by atoms with Gasteiger partial charge < -0.3 is 40.4 Å². The number of benzene rings is 1. The van der Waals surface area contributed by atoms with Crippen LogP contribution in [0, 0.1) is 0 Å². The number of nitrogens with zero attached hydrogens (tertiary/aromatic N) is 1. The van der Waals surface area contributed by atoms with E-state index >= 15 is 0 Å². The molecule has 0 spiro atoms. The average molecular weight is 617 g/mol. The smallest absolute Gasteiger partial charge is 0.246 e. The Hall–Kier alpha value is -3.36. The first-order chi connectivity index (χ1) is 21.1. The number of hydrogen-bond donors (Lipinski definition) is 5. The summed E-state index contributed by atoms with van der Waals surface area (Å²) in [6.07, 6.45) is 4.60. The zero-order valence-corrected chi connectivity index (χ0v) is 25.4. The zero-order chi connectivity index (χ0) is 31.7. The number of epoxide rings is 1. The minimum absolute atomic E-state index is 0.00596. The van der Waals surface area contributed by atoms with Crippen molar-refractivity contribution in [2.24, 2.45) is 0 Å². The van der Waals surface area contributed by atoms with Crippen molar-refractivity contribution in [3.63, 3.8) is 0 Å². The second kappa shape index (κ2) is 15.6. The van der Waals surface area contributed by atoms with Gasteiger partial charge in [-0.15, -0.1) is 0 Å². The SMILES string of the molecule is COc1ccc(C(O)C(NC(=O)C(CO)NC(=O)CN2CCOCC2)C(=O)NC(CC2=CCCCC2)C(=O)C2(C)CO2)cc1. The lowest BCUT2D eigenvalue weighted by Crippen LogP contribution is -2.59. The van der Waals surface area contributed by atoms with Crippen molar-refractivity contribution in [2.45, 2.75) is 68.9 Å². The molecule has 5 unspecified atom stereocenters. The number of Topliss-reactive ketones (excluding diaryl/α,β-unsaturated/α-hetero) is 1. The van der Waals surface area contributed by atoms with Gasteiger partial charge in [-0.25, -0.2) is 0 Å². The molecule has 0 aromatic heterocycles. The highest BCUT2D eigenvalue weighted by Crippen LogP contribution is 2.31. The van der Waals surface area contributed by atoms with Gasteiger partial charge in [0.05, 0.1) is 46.1 Å². The van der Waals surface area contributed by atoms with Gasteiger partial charge in [-0.05, 0) is 56.7 Å². The Morgan fingerprint density at radius 1 is 1.02 bits per heavy atom. The molecule has 5 atom stereocenters. The molecule has 1 aromatic rings. The van der Waals surface area contributed by atoms with Crippen LogP contribution in [0.1, 0.15) is 50.7 Å². The van der Waals surface area contributed by atoms with Crippen LogP contribution in [0.3, 0.4) is 0 Å². The number of nitrogens with one attached hydrogen (secondary N) is 3. The van der Waals surface area contributed by atoms with Gasteiger partial charge in [0.15, 0.2) is 5.78 Å². The van der Waals surface area contributed by atoms with E-state index in [9.17, 15) is 29.4 Å². The van der Waals surface area contributed by atoms with Gasteiger partial charge in [-0.2, -0.15) is 0 Å². The Morgan fingerprint density at radius 3 is 2.32 bits per heavy atom. The maximum Gasteiger partial charge on any atom is 0.246 e. The number of carbonyl (C=O) groups is 4. The van der Waals surface area contributed by atoms with Crippen LogP contribution in [-0.2, 0) is 28.7 Å². The quantitative estimate of drug-likeness (QED) is 0.130. The van der Waals surface area contributed by atoms with Crippen LogP contribution in [0.5, 0.6) is 5.75 Å². The summed E-state index contributed by atoms with van der Waals surface area (Å²) in [7, 11) is 1.49. The number of rotatable bonds is 15. The van der Waals surface area contributed by atoms with E-state index in [-0.39, 0.29) is 18.9 Å². The van der Waals surface area contributed by atoms with E-state index in [1.165, 1.54) is 7.11 Å². The number of hydrogen-bond acceptors (Lipinski definition) is 10. The van der Waals surface area contributed by atoms with Gasteiger partial charge in [-0.3, -0.25) is 24.1 Å². The fraction of sp³-hybridized carbons (Fsp3) is 0.613. The highest BCUT2D eigenvalue weighted by atomic mass is 16.6. The van der Waals surface area contributed by atoms with E-state index in [1.807, 2.05) is 4.90 Å². The summed E-state index contributed by atoms with van der Waals surface area (Å²) in [6, 6.07) is 2.42. The lowest BCUT2D eigenvalue weighted by Gasteiger charge is -2.29. The van der Waals surface area contributed by atoms with Crippen molar-refractivity contribution in [3.8, 4) is 5.75 Å². The van der Waals surface area contributed by atoms with Crippen molar-refractivity contribution in [1.29, 1.82) is 0 Å². The Balaban J connectivity index is 1.52. The molecule has 5 N–H and O–H groups in total. The second-order valence-corrected chi connectivity index (χ2v) is 11.7. The number of amides is 3. The summed E-state index contributed by atoms with van der Waals surface area (Å²) in [5.41, 5.74) is 0.352. The molecular weight excluding hydrogens is 572 g/mol. The number of aliphatic hydroxyl groups excluding tert-OH is 2. The molecule has 3 aliphatic rings. The number of carbonyl (C=O) groups excluding carboxylic acids is 4. The molecule has 2 aliphatic heterocycles. The molecular formula is C31H44N4O9. The lowest BCUT2D eigenvalue weighted by molar-refractivity contribution is -0.137. The van der Waals surface area contributed by atoms with Crippen molar-refractivity contribution >= 4 is 23.5 Å². The first-order valence-corrected chi connectivity index (χ1v) is 15.1. The number of allylic oxidation sites excluding steroid dienone is 1. The maximum atomic E-state index is 13.8. The maximum absolute atomic E-state index is 13.8. The van der Waals surface area contributed by atoms with Crippen LogP contribution in [0.25, 0.3) is 0 Å². The molecule has 0 bridgehead atoms. The summed E-state index contributed by atoms with van der Waals surface area (Å²) in [5.74, 6) is -1.91. The molecule has 2 fully saturated rings. The van der Waals surface area contributed by atoms with Gasteiger partial charge in [0.1, 0.15) is 29.5 Å². The standard InChI is InChI=1S/C31H44N4O9/c1-31(19-44-31)28(39)23(16-20-6-4-3-5-7-20)33-30(41)26(27(38)21-8-10-22(42-2)11-9-21)34-29(40)24(18-36)32-25(37)17-35-12-14-43-15-13-35/h6,8-11,23-24,26-27,36,38H,3-5,7,12-19H2,1-2H3,(H,32,37)(H,33,41)(H,34,40). The van der Waals surface area contributed by atoms with Crippen molar-refractivity contribution in [2.75, 3.05) is 53.2 Å². The average Bonchev–Trinajstić information content (AvgIpc) is 3.80. The molecule has 3 amide bonds. The number of ether oxygens (including phenoxy) is 3. The Bertz CT molecular complexity index is 1200. The van der Waals surface area contributed by atoms with Crippen LogP contribution in [0.15, 0.2) is 35.9 Å². The highest BCUT2D eigenvalue weighted by molar-refractivity contribution is 5.98. The fourth-order valence-corrected chi connectivity index (χ4v) is 5.37. The molecule has 13 nitrogen and oxygen atoms in total. The minimum atomic E-state index is -1.57. The van der Waals surface area contributed by atoms with E-state index < -0.39 is 54.2 Å². The molecule has 0 saturated carbocycles. The number of ketones is 1. The normalized spacial score (nSPS) is 22.9. The molecule has 44 heavy (non-hydrogen) atoms. The largest absolute Gasteiger partial charge is 0.497 e. The van der Waals surface area contributed by atoms with Crippen LogP contribution < -0.4 is 20.7 Å². The first kappa shape index (κ1) is 33.5. The van der Waals surface area contributed by atoms with E-state index in [4.69, 9.17) is 14.2 Å². The molecule has 4 rings (SSSR count). The monoisotopic (exact) mass is 616 g/mol. The third-order valence-electron chi connectivity index (χ3n) is 8.24. The van der Waals surface area contributed by atoms with E-state index in [0.717, 1.165) is 31.3 Å². The van der Waals surface area contributed by atoms with Gasteiger partial charge >= 0.3 is 0 Å². The van der Waals surface area contributed by atoms with Gasteiger partial charge in [-0.1, -0.05) is 23.8 Å². The van der Waals surface area contributed by atoms with Gasteiger partial charge in [0.2, 0.25) is 17.7 Å². The number of methoxy groups -OCH3 is 1. The Morgan fingerprint density at radius 2 is 1.73 bits per heavy atom. The molecule has 13 heteroatoms. The first-order valence-electron chi connectivity index (χ1n) is 15.1. The van der Waals surface area contributed by atoms with Crippen LogP contribution >= 0.6 is 0 Å². The third kappa shape index (κ3) is 9.08. The molecule has 2 heterocycles. The minimum Gasteiger partial charge on any atom is -0.497 e. The number of morpholine rings is 1. The summed E-state index contributed by atoms with van der Waals surface area (Å²) in [6.45, 7) is 3.27. The molecule has 1 aromatic carbocycles. The fourth-order valence-electron chi connectivity index (χ4n) is 5.37. The van der Waals surface area contributed by atoms with Crippen LogP contribution in [0.2, 0.25) is 0 Å². The summed E-state index contributed by atoms with van der Waals surface area (Å²) in [4.78, 5) is 55.1. The number of aliphatic hydroxyl groups is 2. The van der Waals surface area contributed by atoms with E-state index in [2.05, 4.69) is 22.0 Å². The third-order valence-corrected chi connectivity index (χ3v) is 8.24. The van der Waals surface area contributed by atoms with E-state index in [1.54, 1.807) is 31.2 Å². The van der Waals surface area contributed by atoms with Crippen molar-refractivity contribution in [3.05, 3.63) is 41.5 Å². The topological polar surface area (TPSA) is 179 Å². The van der Waals surface area contributed by atoms with Crippen LogP contribution in [-0.4, -0.2) is 116 Å². The van der Waals surface area contributed by atoms with Crippen molar-refractivity contribution < 1.29 is 43.6 Å². The Labute approximate surface area is 257 Å². The van der Waals surface area contributed by atoms with Gasteiger partial charge in [0.25, 0.3) is 0 Å². The predicted octanol–water partition coefficient (Wildman–Crippen LogP) is -0.244. The van der Waals surface area contributed by atoms with Gasteiger partial charge in [0, 0.05) is 13.1 Å². The van der Waals surface area contributed by atoms with Crippen LogP contribution in [0.4, 0.5) is 0 Å². The summed E-state index contributed by atoms with van der Waals surface area (Å²) < 4.78 is 15.9.